The molecule has 0 bridgehead atoms. The Morgan fingerprint density at radius 1 is 1.47 bits per heavy atom. The normalized spacial score (nSPS) is 10.5. The van der Waals surface area contributed by atoms with Crippen LogP contribution in [-0.2, 0) is 11.3 Å². The summed E-state index contributed by atoms with van der Waals surface area (Å²) in [5.41, 5.74) is 1.34. The van der Waals surface area contributed by atoms with Gasteiger partial charge in [-0.15, -0.1) is 0 Å². The number of carbonyl (C=O) groups is 1. The van der Waals surface area contributed by atoms with Crippen molar-refractivity contribution in [3.63, 3.8) is 0 Å². The average Bonchev–Trinajstić information content (AvgIpc) is 2.67. The number of methoxy groups -OCH3 is 1. The molecule has 0 unspecified atom stereocenters. The lowest BCUT2D eigenvalue weighted by Gasteiger charge is -1.95. The molecule has 0 aliphatic rings. The number of nitrogens with zero attached hydrogens (tertiary/aromatic N) is 2. The number of hydrogen-bond donors (Lipinski definition) is 0. The van der Waals surface area contributed by atoms with E-state index in [9.17, 15) is 4.79 Å². The van der Waals surface area contributed by atoms with Crippen LogP contribution >= 0.6 is 0 Å². The largest absolute Gasteiger partial charge is 0.464 e. The van der Waals surface area contributed by atoms with E-state index >= 15 is 0 Å². The van der Waals surface area contributed by atoms with Crippen LogP contribution in [0.5, 0.6) is 0 Å². The third kappa shape index (κ3) is 1.48. The second kappa shape index (κ2) is 3.73. The molecule has 1 aromatic heterocycles. The first-order valence-electron chi connectivity index (χ1n) is 4.81. The fourth-order valence-electron chi connectivity index (χ4n) is 1.62. The van der Waals surface area contributed by atoms with Crippen molar-refractivity contribution in [2.45, 2.75) is 13.5 Å². The molecular weight excluding hydrogens is 192 g/mol. The monoisotopic (exact) mass is 204 g/mol. The summed E-state index contributed by atoms with van der Waals surface area (Å²) in [6, 6.07) is 7.63. The summed E-state index contributed by atoms with van der Waals surface area (Å²) in [6.07, 6.45) is 0. The summed E-state index contributed by atoms with van der Waals surface area (Å²) >= 11 is 0. The van der Waals surface area contributed by atoms with Crippen LogP contribution in [0.4, 0.5) is 0 Å². The van der Waals surface area contributed by atoms with Crippen LogP contribution < -0.4 is 0 Å². The molecule has 2 aromatic rings. The molecule has 0 saturated heterocycles. The number of ether oxygens (including phenoxy) is 1. The Balaban J connectivity index is 2.70. The standard InChI is InChI=1S/C11H12N2O2/c1-3-13-9-7-5-4-6-8(9)10(12-13)11(14)15-2/h4-7H,3H2,1-2H3. The van der Waals surface area contributed by atoms with Gasteiger partial charge in [-0.05, 0) is 13.0 Å². The predicted molar refractivity (Wildman–Crippen MR) is 56.7 cm³/mol. The van der Waals surface area contributed by atoms with Crippen LogP contribution in [0.2, 0.25) is 0 Å². The topological polar surface area (TPSA) is 44.1 Å². The molecule has 0 saturated carbocycles. The first kappa shape index (κ1) is 9.71. The molecule has 0 atom stereocenters. The highest BCUT2D eigenvalue weighted by atomic mass is 16.5. The van der Waals surface area contributed by atoms with Gasteiger partial charge in [0.1, 0.15) is 0 Å². The first-order valence-corrected chi connectivity index (χ1v) is 4.81. The molecule has 0 aliphatic carbocycles. The lowest BCUT2D eigenvalue weighted by atomic mass is 10.2. The Morgan fingerprint density at radius 3 is 2.87 bits per heavy atom. The maximum Gasteiger partial charge on any atom is 0.359 e. The van der Waals surface area contributed by atoms with Gasteiger partial charge in [0.15, 0.2) is 5.69 Å². The molecule has 0 spiro atoms. The van der Waals surface area contributed by atoms with Gasteiger partial charge in [-0.2, -0.15) is 5.10 Å². The fraction of sp³-hybridized carbons (Fsp3) is 0.273. The molecule has 2 rings (SSSR count). The maximum absolute atomic E-state index is 11.5. The predicted octanol–water partition coefficient (Wildman–Crippen LogP) is 1.84. The molecule has 15 heavy (non-hydrogen) atoms. The number of aryl methyl sites for hydroxylation is 1. The third-order valence-corrected chi connectivity index (χ3v) is 2.34. The van der Waals surface area contributed by atoms with E-state index < -0.39 is 5.97 Å². The van der Waals surface area contributed by atoms with Crippen LogP contribution in [0.25, 0.3) is 10.9 Å². The number of esters is 1. The highest BCUT2D eigenvalue weighted by molar-refractivity contribution is 6.02. The van der Waals surface area contributed by atoms with Crippen LogP contribution in [0, 0.1) is 0 Å². The molecule has 0 radical (unpaired) electrons. The molecule has 0 fully saturated rings. The van der Waals surface area contributed by atoms with Gasteiger partial charge in [0.25, 0.3) is 0 Å². The molecule has 4 heteroatoms. The number of benzene rings is 1. The van der Waals surface area contributed by atoms with Gasteiger partial charge < -0.3 is 4.74 Å². The number of para-hydroxylation sites is 1. The lowest BCUT2D eigenvalue weighted by molar-refractivity contribution is 0.0595. The second-order valence-corrected chi connectivity index (χ2v) is 3.17. The molecule has 1 heterocycles. The van der Waals surface area contributed by atoms with Gasteiger partial charge in [-0.1, -0.05) is 18.2 Å². The van der Waals surface area contributed by atoms with Gasteiger partial charge in [-0.25, -0.2) is 4.79 Å². The third-order valence-electron chi connectivity index (χ3n) is 2.34. The SMILES string of the molecule is CCn1nc(C(=O)OC)c2ccccc21. The first-order chi connectivity index (χ1) is 7.27. The van der Waals surface area contributed by atoms with Crippen molar-refractivity contribution in [3.05, 3.63) is 30.0 Å². The Labute approximate surface area is 87.5 Å². The maximum atomic E-state index is 11.5. The Kier molecular flexibility index (Phi) is 2.41. The summed E-state index contributed by atoms with van der Waals surface area (Å²) < 4.78 is 6.48. The lowest BCUT2D eigenvalue weighted by Crippen LogP contribution is -2.04. The Bertz CT molecular complexity index is 502. The van der Waals surface area contributed by atoms with Gasteiger partial charge in [0.05, 0.1) is 12.6 Å². The van der Waals surface area contributed by atoms with Crippen LogP contribution in [0.3, 0.4) is 0 Å². The van der Waals surface area contributed by atoms with E-state index in [-0.39, 0.29) is 0 Å². The highest BCUT2D eigenvalue weighted by Gasteiger charge is 2.16. The van der Waals surface area contributed by atoms with Gasteiger partial charge in [0, 0.05) is 11.9 Å². The molecule has 1 aromatic carbocycles. The number of fused-ring (bicyclic) bond motifs is 1. The minimum absolute atomic E-state index is 0.384. The van der Waals surface area contributed by atoms with E-state index in [1.54, 1.807) is 4.68 Å². The molecule has 4 nitrogen and oxygen atoms in total. The summed E-state index contributed by atoms with van der Waals surface area (Å²) in [5, 5.41) is 5.06. The molecule has 0 aliphatic heterocycles. The smallest absolute Gasteiger partial charge is 0.359 e. The number of rotatable bonds is 2. The van der Waals surface area contributed by atoms with Crippen LogP contribution in [0.15, 0.2) is 24.3 Å². The number of aromatic nitrogens is 2. The molecular formula is C11H12N2O2. The molecule has 78 valence electrons. The minimum atomic E-state index is -0.390. The van der Waals surface area contributed by atoms with Gasteiger partial charge >= 0.3 is 5.97 Å². The summed E-state index contributed by atoms with van der Waals surface area (Å²) in [5.74, 6) is -0.390. The van der Waals surface area contributed by atoms with Crippen molar-refractivity contribution in [1.29, 1.82) is 0 Å². The van der Waals surface area contributed by atoms with Gasteiger partial charge in [-0.3, -0.25) is 4.68 Å². The second-order valence-electron chi connectivity index (χ2n) is 3.17. The summed E-state index contributed by atoms with van der Waals surface area (Å²) in [7, 11) is 1.36. The number of carbonyl (C=O) groups excluding carboxylic acids is 1. The van der Waals surface area contributed by atoms with E-state index in [0.717, 1.165) is 17.4 Å². The zero-order valence-electron chi connectivity index (χ0n) is 8.73. The van der Waals surface area contributed by atoms with E-state index in [1.807, 2.05) is 31.2 Å². The fourth-order valence-corrected chi connectivity index (χ4v) is 1.62. The number of hydrogen-bond acceptors (Lipinski definition) is 3. The van der Waals surface area contributed by atoms with E-state index in [2.05, 4.69) is 9.84 Å². The van der Waals surface area contributed by atoms with Crippen molar-refractivity contribution >= 4 is 16.9 Å². The van der Waals surface area contributed by atoms with E-state index in [4.69, 9.17) is 0 Å². The summed E-state index contributed by atoms with van der Waals surface area (Å²) in [6.45, 7) is 2.72. The van der Waals surface area contributed by atoms with E-state index in [1.165, 1.54) is 7.11 Å². The van der Waals surface area contributed by atoms with Crippen molar-refractivity contribution in [3.8, 4) is 0 Å². The highest BCUT2D eigenvalue weighted by Crippen LogP contribution is 2.18. The van der Waals surface area contributed by atoms with Crippen LogP contribution in [0.1, 0.15) is 17.4 Å². The van der Waals surface area contributed by atoms with Crippen molar-refractivity contribution in [2.24, 2.45) is 0 Å². The van der Waals surface area contributed by atoms with Crippen molar-refractivity contribution < 1.29 is 9.53 Å². The quantitative estimate of drug-likeness (QED) is 0.701. The van der Waals surface area contributed by atoms with Crippen molar-refractivity contribution in [2.75, 3.05) is 7.11 Å². The zero-order valence-corrected chi connectivity index (χ0v) is 8.73. The Hall–Kier alpha value is -1.84. The molecule has 0 N–H and O–H groups in total. The molecule has 0 amide bonds. The average molecular weight is 204 g/mol. The van der Waals surface area contributed by atoms with Gasteiger partial charge in [0.2, 0.25) is 0 Å². The minimum Gasteiger partial charge on any atom is -0.464 e. The Morgan fingerprint density at radius 2 is 2.20 bits per heavy atom. The van der Waals surface area contributed by atoms with E-state index in [0.29, 0.717) is 5.69 Å². The summed E-state index contributed by atoms with van der Waals surface area (Å²) in [4.78, 5) is 11.5. The van der Waals surface area contributed by atoms with Crippen molar-refractivity contribution in [1.82, 2.24) is 9.78 Å². The van der Waals surface area contributed by atoms with Crippen LogP contribution in [-0.4, -0.2) is 22.9 Å². The zero-order chi connectivity index (χ0) is 10.8.